The maximum absolute atomic E-state index is 12.8. The summed E-state index contributed by atoms with van der Waals surface area (Å²) in [6, 6.07) is 7.94. The van der Waals surface area contributed by atoms with Crippen molar-refractivity contribution < 1.29 is 9.53 Å². The molecule has 0 saturated carbocycles. The molecule has 2 N–H and O–H groups in total. The summed E-state index contributed by atoms with van der Waals surface area (Å²) in [6.07, 6.45) is 3.41. The standard InChI is InChI=1S/C22H26N4O2S/c1-14-2-5-19-15(10-14)11-20(29-19)22(27)23-16-3-4-17-18(12-16)25-21(24-17)13-26-6-8-28-9-7-26/h3-4,11-12,14H,2,5-10,13H2,1H3,(H,23,27)(H,24,25). The van der Waals surface area contributed by atoms with Crippen LogP contribution in [-0.2, 0) is 24.1 Å². The zero-order chi connectivity index (χ0) is 19.8. The zero-order valence-electron chi connectivity index (χ0n) is 16.7. The van der Waals surface area contributed by atoms with Crippen LogP contribution in [0.5, 0.6) is 0 Å². The molecule has 1 saturated heterocycles. The van der Waals surface area contributed by atoms with Gasteiger partial charge in [0, 0.05) is 23.7 Å². The molecule has 1 amide bonds. The number of aromatic nitrogens is 2. The van der Waals surface area contributed by atoms with Gasteiger partial charge in [0.15, 0.2) is 0 Å². The Bertz CT molecular complexity index is 1030. The highest BCUT2D eigenvalue weighted by atomic mass is 32.1. The van der Waals surface area contributed by atoms with Crippen LogP contribution in [0.4, 0.5) is 5.69 Å². The lowest BCUT2D eigenvalue weighted by molar-refractivity contribution is 0.0332. The van der Waals surface area contributed by atoms with Crippen molar-refractivity contribution in [3.63, 3.8) is 0 Å². The van der Waals surface area contributed by atoms with Crippen molar-refractivity contribution >= 4 is 34.0 Å². The summed E-state index contributed by atoms with van der Waals surface area (Å²) < 4.78 is 5.41. The van der Waals surface area contributed by atoms with E-state index in [1.165, 1.54) is 16.9 Å². The van der Waals surface area contributed by atoms with E-state index in [0.29, 0.717) is 5.92 Å². The smallest absolute Gasteiger partial charge is 0.265 e. The molecule has 6 nitrogen and oxygen atoms in total. The Labute approximate surface area is 174 Å². The maximum Gasteiger partial charge on any atom is 0.265 e. The fourth-order valence-electron chi connectivity index (χ4n) is 4.20. The van der Waals surface area contributed by atoms with E-state index in [9.17, 15) is 4.79 Å². The number of hydrogen-bond donors (Lipinski definition) is 2. The van der Waals surface area contributed by atoms with Gasteiger partial charge < -0.3 is 15.0 Å². The minimum absolute atomic E-state index is 0.0236. The topological polar surface area (TPSA) is 70.2 Å². The van der Waals surface area contributed by atoms with Crippen molar-refractivity contribution in [2.75, 3.05) is 31.6 Å². The van der Waals surface area contributed by atoms with E-state index in [-0.39, 0.29) is 5.91 Å². The molecule has 2 aromatic heterocycles. The molecule has 7 heteroatoms. The number of amides is 1. The Hall–Kier alpha value is -2.22. The van der Waals surface area contributed by atoms with Crippen molar-refractivity contribution in [2.45, 2.75) is 32.7 Å². The van der Waals surface area contributed by atoms with Gasteiger partial charge in [-0.2, -0.15) is 0 Å². The lowest BCUT2D eigenvalue weighted by Gasteiger charge is -2.25. The number of anilines is 1. The number of nitrogens with one attached hydrogen (secondary N) is 2. The molecule has 1 aliphatic heterocycles. The molecule has 1 aromatic carbocycles. The highest BCUT2D eigenvalue weighted by molar-refractivity contribution is 7.14. The predicted octanol–water partition coefficient (Wildman–Crippen LogP) is 3.83. The van der Waals surface area contributed by atoms with E-state index in [1.807, 2.05) is 18.2 Å². The molecule has 0 spiro atoms. The maximum atomic E-state index is 12.8. The van der Waals surface area contributed by atoms with E-state index in [4.69, 9.17) is 4.74 Å². The average molecular weight is 411 g/mol. The van der Waals surface area contributed by atoms with Crippen LogP contribution in [0.15, 0.2) is 24.3 Å². The molecule has 1 fully saturated rings. The van der Waals surface area contributed by atoms with Crippen molar-refractivity contribution in [1.82, 2.24) is 14.9 Å². The normalized spacial score (nSPS) is 20.0. The first kappa shape index (κ1) is 18.8. The summed E-state index contributed by atoms with van der Waals surface area (Å²) in [5.41, 5.74) is 4.02. The zero-order valence-corrected chi connectivity index (χ0v) is 17.5. The third-order valence-corrected chi connectivity index (χ3v) is 7.05. The summed E-state index contributed by atoms with van der Waals surface area (Å²) in [6.45, 7) is 6.50. The Kier molecular flexibility index (Phi) is 5.11. The molecular weight excluding hydrogens is 384 g/mol. The number of rotatable bonds is 4. The number of ether oxygens (including phenoxy) is 1. The number of carbonyl (C=O) groups excluding carboxylic acids is 1. The number of thiophene rings is 1. The largest absolute Gasteiger partial charge is 0.379 e. The molecule has 2 aliphatic rings. The van der Waals surface area contributed by atoms with Crippen LogP contribution in [0.1, 0.15) is 39.3 Å². The highest BCUT2D eigenvalue weighted by Gasteiger charge is 2.21. The molecule has 1 unspecified atom stereocenters. The summed E-state index contributed by atoms with van der Waals surface area (Å²) >= 11 is 1.64. The molecular formula is C22H26N4O2S. The van der Waals surface area contributed by atoms with E-state index < -0.39 is 0 Å². The number of H-pyrrole nitrogens is 1. The van der Waals surface area contributed by atoms with Crippen LogP contribution in [0, 0.1) is 5.92 Å². The lowest BCUT2D eigenvalue weighted by atomic mass is 9.90. The van der Waals surface area contributed by atoms with Crippen LogP contribution >= 0.6 is 11.3 Å². The Balaban J connectivity index is 1.29. The summed E-state index contributed by atoms with van der Waals surface area (Å²) in [5.74, 6) is 1.64. The molecule has 152 valence electrons. The summed E-state index contributed by atoms with van der Waals surface area (Å²) in [7, 11) is 0. The minimum Gasteiger partial charge on any atom is -0.379 e. The van der Waals surface area contributed by atoms with Gasteiger partial charge in [-0.25, -0.2) is 4.98 Å². The minimum atomic E-state index is -0.0236. The number of fused-ring (bicyclic) bond motifs is 2. The van der Waals surface area contributed by atoms with Crippen LogP contribution in [0.2, 0.25) is 0 Å². The SMILES string of the molecule is CC1CCc2sc(C(=O)Nc3ccc4nc(CN5CCOCC5)[nH]c4c3)cc2C1. The highest BCUT2D eigenvalue weighted by Crippen LogP contribution is 2.32. The van der Waals surface area contributed by atoms with E-state index in [0.717, 1.165) is 73.1 Å². The van der Waals surface area contributed by atoms with Gasteiger partial charge in [-0.15, -0.1) is 11.3 Å². The quantitative estimate of drug-likeness (QED) is 0.686. The van der Waals surface area contributed by atoms with E-state index in [2.05, 4.69) is 33.2 Å². The second-order valence-electron chi connectivity index (χ2n) is 8.17. The molecule has 3 heterocycles. The van der Waals surface area contributed by atoms with Gasteiger partial charge >= 0.3 is 0 Å². The first-order valence-electron chi connectivity index (χ1n) is 10.4. The van der Waals surface area contributed by atoms with Crippen LogP contribution < -0.4 is 5.32 Å². The van der Waals surface area contributed by atoms with Crippen molar-refractivity contribution in [3.8, 4) is 0 Å². The first-order chi connectivity index (χ1) is 14.1. The molecule has 0 radical (unpaired) electrons. The third kappa shape index (κ3) is 4.08. The number of carbonyl (C=O) groups is 1. The number of benzene rings is 1. The van der Waals surface area contributed by atoms with Gasteiger partial charge in [0.1, 0.15) is 5.82 Å². The number of nitrogens with zero attached hydrogens (tertiary/aromatic N) is 2. The number of aryl methyl sites for hydroxylation is 1. The van der Waals surface area contributed by atoms with Crippen LogP contribution in [0.25, 0.3) is 11.0 Å². The second kappa shape index (κ2) is 7.89. The van der Waals surface area contributed by atoms with Crippen molar-refractivity contribution in [2.24, 2.45) is 5.92 Å². The van der Waals surface area contributed by atoms with Gasteiger partial charge in [-0.1, -0.05) is 6.92 Å². The number of imidazole rings is 1. The fraction of sp³-hybridized carbons (Fsp3) is 0.455. The second-order valence-corrected chi connectivity index (χ2v) is 9.30. The molecule has 3 aromatic rings. The van der Waals surface area contributed by atoms with Gasteiger partial charge in [-0.3, -0.25) is 9.69 Å². The van der Waals surface area contributed by atoms with E-state index >= 15 is 0 Å². The van der Waals surface area contributed by atoms with Gasteiger partial charge in [-0.05, 0) is 55.0 Å². The van der Waals surface area contributed by atoms with Gasteiger partial charge in [0.25, 0.3) is 5.91 Å². The Morgan fingerprint density at radius 1 is 1.34 bits per heavy atom. The fourth-order valence-corrected chi connectivity index (χ4v) is 5.30. The third-order valence-electron chi connectivity index (χ3n) is 5.82. The molecule has 29 heavy (non-hydrogen) atoms. The van der Waals surface area contributed by atoms with Crippen molar-refractivity contribution in [1.29, 1.82) is 0 Å². The molecule has 0 bridgehead atoms. The molecule has 5 rings (SSSR count). The van der Waals surface area contributed by atoms with Gasteiger partial charge in [0.05, 0.1) is 35.7 Å². The van der Waals surface area contributed by atoms with Gasteiger partial charge in [0.2, 0.25) is 0 Å². The van der Waals surface area contributed by atoms with E-state index in [1.54, 1.807) is 11.3 Å². The lowest BCUT2D eigenvalue weighted by Crippen LogP contribution is -2.35. The monoisotopic (exact) mass is 410 g/mol. The van der Waals surface area contributed by atoms with Crippen LogP contribution in [0.3, 0.4) is 0 Å². The number of aromatic amines is 1. The summed E-state index contributed by atoms with van der Waals surface area (Å²) in [5, 5.41) is 3.06. The number of hydrogen-bond acceptors (Lipinski definition) is 5. The van der Waals surface area contributed by atoms with Crippen molar-refractivity contribution in [3.05, 3.63) is 45.4 Å². The average Bonchev–Trinajstić information content (AvgIpc) is 3.31. The predicted molar refractivity (Wildman–Crippen MR) is 116 cm³/mol. The first-order valence-corrected chi connectivity index (χ1v) is 11.2. The molecule has 1 aliphatic carbocycles. The van der Waals surface area contributed by atoms with Crippen LogP contribution in [-0.4, -0.2) is 47.1 Å². The summed E-state index contributed by atoms with van der Waals surface area (Å²) in [4.78, 5) is 25.4. The Morgan fingerprint density at radius 3 is 3.07 bits per heavy atom. The Morgan fingerprint density at radius 2 is 2.21 bits per heavy atom. The molecule has 1 atom stereocenters. The number of morpholine rings is 1.